The number of aromatic nitrogens is 2. The van der Waals surface area contributed by atoms with E-state index >= 15 is 0 Å². The summed E-state index contributed by atoms with van der Waals surface area (Å²) in [4.78, 5) is 4.05. The largest absolute Gasteiger partial charge is 0.376 e. The Morgan fingerprint density at radius 2 is 2.04 bits per heavy atom. The molecule has 0 spiro atoms. The van der Waals surface area contributed by atoms with Crippen molar-refractivity contribution >= 4 is 10.0 Å². The smallest absolute Gasteiger partial charge is 0.260 e. The Labute approximate surface area is 142 Å². The molecule has 0 saturated carbocycles. The molecule has 0 aliphatic carbocycles. The number of hydrogen-bond donors (Lipinski definition) is 1. The molecule has 7 heteroatoms. The molecular weight excluding hydrogens is 326 g/mol. The van der Waals surface area contributed by atoms with E-state index in [1.807, 2.05) is 44.2 Å². The third-order valence-electron chi connectivity index (χ3n) is 4.23. The lowest BCUT2D eigenvalue weighted by atomic mass is 10.0. The molecule has 2 heterocycles. The van der Waals surface area contributed by atoms with E-state index in [1.54, 1.807) is 17.1 Å². The molecule has 6 nitrogen and oxygen atoms in total. The fourth-order valence-electron chi connectivity index (χ4n) is 2.85. The van der Waals surface area contributed by atoms with Crippen molar-refractivity contribution < 1.29 is 13.2 Å². The zero-order valence-electron chi connectivity index (χ0n) is 13.9. The van der Waals surface area contributed by atoms with E-state index in [2.05, 4.69) is 9.71 Å². The van der Waals surface area contributed by atoms with Crippen LogP contribution in [0.5, 0.6) is 0 Å². The van der Waals surface area contributed by atoms with Gasteiger partial charge in [-0.2, -0.15) is 4.72 Å². The van der Waals surface area contributed by atoms with Crippen LogP contribution in [0.3, 0.4) is 0 Å². The molecule has 1 aromatic heterocycles. The lowest BCUT2D eigenvalue weighted by Gasteiger charge is -2.24. The summed E-state index contributed by atoms with van der Waals surface area (Å²) in [6.45, 7) is 4.62. The summed E-state index contributed by atoms with van der Waals surface area (Å²) < 4.78 is 35.8. The Bertz CT molecular complexity index is 765. The molecule has 1 saturated heterocycles. The first-order valence-corrected chi connectivity index (χ1v) is 9.68. The molecule has 24 heavy (non-hydrogen) atoms. The molecule has 130 valence electrons. The molecule has 0 radical (unpaired) electrons. The predicted molar refractivity (Wildman–Crippen MR) is 91.1 cm³/mol. The van der Waals surface area contributed by atoms with Gasteiger partial charge in [-0.15, -0.1) is 0 Å². The van der Waals surface area contributed by atoms with Gasteiger partial charge in [-0.05, 0) is 32.3 Å². The Morgan fingerprint density at radius 1 is 1.29 bits per heavy atom. The fourth-order valence-corrected chi connectivity index (χ4v) is 4.04. The second-order valence-electron chi connectivity index (χ2n) is 6.31. The van der Waals surface area contributed by atoms with Gasteiger partial charge in [0, 0.05) is 18.8 Å². The molecule has 0 unspecified atom stereocenters. The average Bonchev–Trinajstić information content (AvgIpc) is 3.25. The molecule has 1 aliphatic heterocycles. The number of nitrogens with zero attached hydrogens (tertiary/aromatic N) is 2. The molecule has 1 aliphatic rings. The van der Waals surface area contributed by atoms with E-state index in [-0.39, 0.29) is 17.2 Å². The summed E-state index contributed by atoms with van der Waals surface area (Å²) in [5.74, 6) is 0. The van der Waals surface area contributed by atoms with Crippen molar-refractivity contribution in [3.63, 3.8) is 0 Å². The lowest BCUT2D eigenvalue weighted by molar-refractivity contribution is 0.0852. The van der Waals surface area contributed by atoms with Crippen LogP contribution in [0.4, 0.5) is 0 Å². The maximum Gasteiger partial charge on any atom is 0.260 e. The highest BCUT2D eigenvalue weighted by Gasteiger charge is 2.32. The van der Waals surface area contributed by atoms with Crippen LogP contribution in [-0.2, 0) is 14.8 Å². The first-order chi connectivity index (χ1) is 11.5. The Hall–Kier alpha value is -1.70. The summed E-state index contributed by atoms with van der Waals surface area (Å²) in [5.41, 5.74) is 0.899. The number of rotatable bonds is 6. The Balaban J connectivity index is 1.88. The third-order valence-corrected chi connectivity index (χ3v) is 5.55. The van der Waals surface area contributed by atoms with Crippen LogP contribution in [0, 0.1) is 0 Å². The molecule has 1 aromatic carbocycles. The molecule has 2 aromatic rings. The van der Waals surface area contributed by atoms with Crippen molar-refractivity contribution in [3.8, 4) is 0 Å². The topological polar surface area (TPSA) is 73.2 Å². The van der Waals surface area contributed by atoms with Gasteiger partial charge in [-0.1, -0.05) is 30.3 Å². The van der Waals surface area contributed by atoms with Crippen molar-refractivity contribution in [2.75, 3.05) is 6.61 Å². The minimum Gasteiger partial charge on any atom is -0.376 e. The highest BCUT2D eigenvalue weighted by atomic mass is 32.2. The van der Waals surface area contributed by atoms with Crippen molar-refractivity contribution in [2.45, 2.75) is 49.9 Å². The molecule has 0 bridgehead atoms. The summed E-state index contributed by atoms with van der Waals surface area (Å²) in [6.07, 6.45) is 4.72. The number of ether oxygens (including phenoxy) is 1. The van der Waals surface area contributed by atoms with Gasteiger partial charge >= 0.3 is 0 Å². The van der Waals surface area contributed by atoms with Gasteiger partial charge < -0.3 is 9.30 Å². The molecule has 0 amide bonds. The van der Waals surface area contributed by atoms with E-state index in [4.69, 9.17) is 4.74 Å². The van der Waals surface area contributed by atoms with E-state index in [0.717, 1.165) is 18.4 Å². The average molecular weight is 349 g/mol. The van der Waals surface area contributed by atoms with Gasteiger partial charge in [0.1, 0.15) is 0 Å². The fraction of sp³-hybridized carbons (Fsp3) is 0.471. The quantitative estimate of drug-likeness (QED) is 0.870. The number of benzene rings is 1. The first kappa shape index (κ1) is 17.1. The van der Waals surface area contributed by atoms with E-state index < -0.39 is 16.1 Å². The third kappa shape index (κ3) is 3.68. The zero-order valence-corrected chi connectivity index (χ0v) is 14.7. The van der Waals surface area contributed by atoms with Crippen molar-refractivity contribution in [2.24, 2.45) is 0 Å². The molecular formula is C17H23N3O3S. The van der Waals surface area contributed by atoms with Gasteiger partial charge in [0.25, 0.3) is 10.0 Å². The highest BCUT2D eigenvalue weighted by molar-refractivity contribution is 7.89. The van der Waals surface area contributed by atoms with Gasteiger partial charge in [0.15, 0.2) is 5.03 Å². The van der Waals surface area contributed by atoms with Crippen LogP contribution in [0.15, 0.2) is 47.9 Å². The Kier molecular flexibility index (Phi) is 5.03. The van der Waals surface area contributed by atoms with Crippen LogP contribution in [-0.4, -0.2) is 30.7 Å². The second kappa shape index (κ2) is 7.04. The van der Waals surface area contributed by atoms with Crippen LogP contribution < -0.4 is 4.72 Å². The minimum absolute atomic E-state index is 0.0372. The van der Waals surface area contributed by atoms with Crippen LogP contribution in [0.2, 0.25) is 0 Å². The van der Waals surface area contributed by atoms with Crippen LogP contribution in [0.25, 0.3) is 0 Å². The van der Waals surface area contributed by atoms with E-state index in [1.165, 1.54) is 0 Å². The normalized spacial score (nSPS) is 19.7. The van der Waals surface area contributed by atoms with E-state index in [9.17, 15) is 8.42 Å². The number of sulfonamides is 1. The maximum atomic E-state index is 12.8. The van der Waals surface area contributed by atoms with Crippen LogP contribution >= 0.6 is 0 Å². The van der Waals surface area contributed by atoms with Crippen molar-refractivity contribution in [1.29, 1.82) is 0 Å². The second-order valence-corrected chi connectivity index (χ2v) is 7.97. The molecule has 2 atom stereocenters. The summed E-state index contributed by atoms with van der Waals surface area (Å²) in [5, 5.41) is 0.0372. The van der Waals surface area contributed by atoms with Gasteiger partial charge in [-0.3, -0.25) is 0 Å². The highest BCUT2D eigenvalue weighted by Crippen LogP contribution is 2.28. The predicted octanol–water partition coefficient (Wildman–Crippen LogP) is 2.66. The molecule has 1 N–H and O–H groups in total. The van der Waals surface area contributed by atoms with Gasteiger partial charge in [0.2, 0.25) is 0 Å². The number of nitrogens with one attached hydrogen (secondary N) is 1. The summed E-state index contributed by atoms with van der Waals surface area (Å²) in [7, 11) is -3.72. The van der Waals surface area contributed by atoms with Gasteiger partial charge in [-0.25, -0.2) is 13.4 Å². The number of hydrogen-bond acceptors (Lipinski definition) is 4. The zero-order chi connectivity index (χ0) is 17.2. The minimum atomic E-state index is -3.72. The van der Waals surface area contributed by atoms with Crippen molar-refractivity contribution in [1.82, 2.24) is 14.3 Å². The Morgan fingerprint density at radius 3 is 2.62 bits per heavy atom. The van der Waals surface area contributed by atoms with Crippen molar-refractivity contribution in [3.05, 3.63) is 48.4 Å². The van der Waals surface area contributed by atoms with Crippen LogP contribution in [0.1, 0.15) is 44.3 Å². The lowest BCUT2D eigenvalue weighted by Crippen LogP contribution is -2.36. The monoisotopic (exact) mass is 349 g/mol. The molecule has 1 fully saturated rings. The summed E-state index contributed by atoms with van der Waals surface area (Å²) in [6, 6.07) is 9.29. The van der Waals surface area contributed by atoms with Gasteiger partial charge in [0.05, 0.1) is 18.5 Å². The standard InChI is InChI=1S/C17H23N3O3S/c1-13(2)20-11-16(18-12-20)24(21,22)19-17(15-9-6-10-23-15)14-7-4-3-5-8-14/h3-5,7-8,11-13,15,17,19H,6,9-10H2,1-2H3/t15-,17-/m1/s1. The first-order valence-electron chi connectivity index (χ1n) is 8.20. The maximum absolute atomic E-state index is 12.8. The van der Waals surface area contributed by atoms with E-state index in [0.29, 0.717) is 6.61 Å². The SMILES string of the molecule is CC(C)n1cnc(S(=O)(=O)N[C@H](c2ccccc2)[C@H]2CCCO2)c1. The summed E-state index contributed by atoms with van der Waals surface area (Å²) >= 11 is 0. The molecule has 3 rings (SSSR count). The number of imidazole rings is 1.